The van der Waals surface area contributed by atoms with E-state index in [0.717, 1.165) is 64.8 Å². The molecule has 0 aliphatic carbocycles. The first kappa shape index (κ1) is 16.5. The van der Waals surface area contributed by atoms with Gasteiger partial charge >= 0.3 is 0 Å². The Kier molecular flexibility index (Phi) is 6.05. The third-order valence-electron chi connectivity index (χ3n) is 5.03. The number of aromatic nitrogens is 2. The van der Waals surface area contributed by atoms with Gasteiger partial charge in [-0.05, 0) is 44.1 Å². The molecule has 0 spiro atoms. The molecule has 6 nitrogen and oxygen atoms in total. The van der Waals surface area contributed by atoms with Crippen molar-refractivity contribution >= 4 is 5.91 Å². The summed E-state index contributed by atoms with van der Waals surface area (Å²) in [4.78, 5) is 14.6. The fourth-order valence-electron chi connectivity index (χ4n) is 3.63. The number of aryl methyl sites for hydroxylation is 1. The van der Waals surface area contributed by atoms with Crippen LogP contribution in [0.2, 0.25) is 0 Å². The molecule has 1 amide bonds. The Morgan fingerprint density at radius 2 is 2.09 bits per heavy atom. The monoisotopic (exact) mass is 320 g/mol. The number of aromatic amines is 1. The third kappa shape index (κ3) is 5.04. The van der Waals surface area contributed by atoms with Crippen LogP contribution in [0.3, 0.4) is 0 Å². The van der Waals surface area contributed by atoms with Gasteiger partial charge in [0.1, 0.15) is 0 Å². The Bertz CT molecular complexity index is 463. The van der Waals surface area contributed by atoms with Crippen LogP contribution >= 0.6 is 0 Å². The van der Waals surface area contributed by atoms with Crippen LogP contribution in [0.4, 0.5) is 0 Å². The molecule has 2 aliphatic rings. The lowest BCUT2D eigenvalue weighted by Gasteiger charge is -2.39. The van der Waals surface area contributed by atoms with Crippen LogP contribution in [-0.4, -0.2) is 59.4 Å². The number of piperidine rings is 1. The Hall–Kier alpha value is -1.40. The number of carbonyl (C=O) groups excluding carboxylic acids is 1. The highest BCUT2D eigenvalue weighted by molar-refractivity contribution is 5.76. The smallest absolute Gasteiger partial charge is 0.220 e. The number of nitrogens with one attached hydrogen (secondary N) is 2. The van der Waals surface area contributed by atoms with Gasteiger partial charge in [0.15, 0.2) is 0 Å². The zero-order valence-electron chi connectivity index (χ0n) is 13.8. The van der Waals surface area contributed by atoms with Gasteiger partial charge in [-0.1, -0.05) is 0 Å². The van der Waals surface area contributed by atoms with Crippen molar-refractivity contribution in [2.24, 2.45) is 0 Å². The van der Waals surface area contributed by atoms with E-state index in [0.29, 0.717) is 18.5 Å². The lowest BCUT2D eigenvalue weighted by molar-refractivity contribution is -0.122. The highest BCUT2D eigenvalue weighted by Gasteiger charge is 2.26. The molecule has 3 heterocycles. The largest absolute Gasteiger partial charge is 0.381 e. The molecule has 2 fully saturated rings. The number of hydrogen-bond donors (Lipinski definition) is 2. The fraction of sp³-hybridized carbons (Fsp3) is 0.765. The van der Waals surface area contributed by atoms with Gasteiger partial charge in [0.05, 0.1) is 6.20 Å². The van der Waals surface area contributed by atoms with Crippen LogP contribution in [0.1, 0.15) is 44.1 Å². The van der Waals surface area contributed by atoms with Gasteiger partial charge in [-0.3, -0.25) is 9.89 Å². The molecule has 0 aromatic carbocycles. The SMILES string of the molecule is O=C(CCCc1cn[nH]c1)NC1CCN(C2CCOCC2)CC1. The van der Waals surface area contributed by atoms with Crippen molar-refractivity contribution in [3.8, 4) is 0 Å². The van der Waals surface area contributed by atoms with E-state index in [1.165, 1.54) is 5.56 Å². The number of nitrogens with zero attached hydrogens (tertiary/aromatic N) is 2. The summed E-state index contributed by atoms with van der Waals surface area (Å²) in [5.74, 6) is 0.193. The molecule has 1 aromatic heterocycles. The molecule has 0 saturated carbocycles. The second-order valence-electron chi connectivity index (χ2n) is 6.68. The first-order valence-electron chi connectivity index (χ1n) is 8.90. The van der Waals surface area contributed by atoms with Crippen molar-refractivity contribution in [2.75, 3.05) is 26.3 Å². The van der Waals surface area contributed by atoms with Crippen molar-refractivity contribution < 1.29 is 9.53 Å². The Morgan fingerprint density at radius 3 is 2.78 bits per heavy atom. The molecule has 23 heavy (non-hydrogen) atoms. The van der Waals surface area contributed by atoms with Gasteiger partial charge < -0.3 is 15.0 Å². The number of likely N-dealkylation sites (tertiary alicyclic amines) is 1. The van der Waals surface area contributed by atoms with E-state index >= 15 is 0 Å². The van der Waals surface area contributed by atoms with Crippen LogP contribution in [-0.2, 0) is 16.0 Å². The first-order chi connectivity index (χ1) is 11.3. The number of H-pyrrole nitrogens is 1. The van der Waals surface area contributed by atoms with Gasteiger partial charge in [0.25, 0.3) is 0 Å². The molecule has 1 aromatic rings. The van der Waals surface area contributed by atoms with E-state index in [1.54, 1.807) is 0 Å². The molecule has 0 bridgehead atoms. The molecular weight excluding hydrogens is 292 g/mol. The average Bonchev–Trinajstić information content (AvgIpc) is 3.10. The molecule has 0 unspecified atom stereocenters. The highest BCUT2D eigenvalue weighted by Crippen LogP contribution is 2.20. The Morgan fingerprint density at radius 1 is 1.30 bits per heavy atom. The molecule has 0 radical (unpaired) electrons. The zero-order chi connectivity index (χ0) is 15.9. The van der Waals surface area contributed by atoms with Crippen molar-refractivity contribution in [1.29, 1.82) is 0 Å². The molecule has 3 rings (SSSR count). The molecule has 2 N–H and O–H groups in total. The van der Waals surface area contributed by atoms with E-state index < -0.39 is 0 Å². The number of amides is 1. The van der Waals surface area contributed by atoms with E-state index in [2.05, 4.69) is 20.4 Å². The van der Waals surface area contributed by atoms with Gasteiger partial charge in [0, 0.05) is 51.0 Å². The molecular formula is C17H28N4O2. The van der Waals surface area contributed by atoms with Crippen molar-refractivity contribution in [3.63, 3.8) is 0 Å². The maximum Gasteiger partial charge on any atom is 0.220 e. The maximum atomic E-state index is 12.1. The summed E-state index contributed by atoms with van der Waals surface area (Å²) in [6.07, 6.45) is 10.6. The highest BCUT2D eigenvalue weighted by atomic mass is 16.5. The summed E-state index contributed by atoms with van der Waals surface area (Å²) in [5.41, 5.74) is 1.17. The van der Waals surface area contributed by atoms with E-state index in [1.807, 2.05) is 12.4 Å². The van der Waals surface area contributed by atoms with Crippen LogP contribution in [0.5, 0.6) is 0 Å². The molecule has 128 valence electrons. The van der Waals surface area contributed by atoms with Crippen LogP contribution in [0.25, 0.3) is 0 Å². The fourth-order valence-corrected chi connectivity index (χ4v) is 3.63. The Labute approximate surface area is 138 Å². The van der Waals surface area contributed by atoms with Crippen LogP contribution < -0.4 is 5.32 Å². The van der Waals surface area contributed by atoms with Crippen molar-refractivity contribution in [1.82, 2.24) is 20.4 Å². The van der Waals surface area contributed by atoms with Gasteiger partial charge in [-0.2, -0.15) is 5.10 Å². The summed E-state index contributed by atoms with van der Waals surface area (Å²) in [6, 6.07) is 1.04. The second-order valence-corrected chi connectivity index (χ2v) is 6.68. The summed E-state index contributed by atoms with van der Waals surface area (Å²) in [6.45, 7) is 4.01. The Balaban J connectivity index is 1.31. The van der Waals surface area contributed by atoms with Gasteiger partial charge in [0.2, 0.25) is 5.91 Å². The van der Waals surface area contributed by atoms with Crippen LogP contribution in [0.15, 0.2) is 12.4 Å². The first-order valence-corrected chi connectivity index (χ1v) is 8.90. The lowest BCUT2D eigenvalue weighted by atomic mass is 9.99. The number of ether oxygens (including phenoxy) is 1. The number of hydrogen-bond acceptors (Lipinski definition) is 4. The minimum atomic E-state index is 0.193. The van der Waals surface area contributed by atoms with Gasteiger partial charge in [-0.25, -0.2) is 0 Å². The molecule has 0 atom stereocenters. The molecule has 2 saturated heterocycles. The predicted octanol–water partition coefficient (Wildman–Crippen LogP) is 1.49. The quantitative estimate of drug-likeness (QED) is 0.833. The van der Waals surface area contributed by atoms with Crippen molar-refractivity contribution in [2.45, 2.75) is 57.0 Å². The summed E-state index contributed by atoms with van der Waals surface area (Å²) >= 11 is 0. The van der Waals surface area contributed by atoms with E-state index in [9.17, 15) is 4.79 Å². The van der Waals surface area contributed by atoms with Gasteiger partial charge in [-0.15, -0.1) is 0 Å². The van der Waals surface area contributed by atoms with Crippen LogP contribution in [0, 0.1) is 0 Å². The van der Waals surface area contributed by atoms with E-state index in [4.69, 9.17) is 4.74 Å². The zero-order valence-corrected chi connectivity index (χ0v) is 13.8. The molecule has 6 heteroatoms. The normalized spacial score (nSPS) is 21.4. The third-order valence-corrected chi connectivity index (χ3v) is 5.03. The number of carbonyl (C=O) groups is 1. The second kappa shape index (κ2) is 8.45. The predicted molar refractivity (Wildman–Crippen MR) is 88.1 cm³/mol. The summed E-state index contributed by atoms with van der Waals surface area (Å²) < 4.78 is 5.44. The lowest BCUT2D eigenvalue weighted by Crippen LogP contribution is -2.49. The minimum Gasteiger partial charge on any atom is -0.381 e. The topological polar surface area (TPSA) is 70.2 Å². The minimum absolute atomic E-state index is 0.193. The maximum absolute atomic E-state index is 12.1. The standard InChI is InChI=1S/C17H28N4O2/c22-17(3-1-2-14-12-18-19-13-14)20-15-4-8-21(9-5-15)16-6-10-23-11-7-16/h12-13,15-16H,1-11H2,(H,18,19)(H,20,22). The summed E-state index contributed by atoms with van der Waals surface area (Å²) in [7, 11) is 0. The average molecular weight is 320 g/mol. The van der Waals surface area contributed by atoms with Crippen molar-refractivity contribution in [3.05, 3.63) is 18.0 Å². The summed E-state index contributed by atoms with van der Waals surface area (Å²) in [5, 5.41) is 9.93. The number of rotatable bonds is 6. The van der Waals surface area contributed by atoms with E-state index in [-0.39, 0.29) is 5.91 Å². The molecule has 2 aliphatic heterocycles.